The van der Waals surface area contributed by atoms with E-state index < -0.39 is 0 Å². The number of anilines is 1. The van der Waals surface area contributed by atoms with Gasteiger partial charge in [0.1, 0.15) is 0 Å². The highest BCUT2D eigenvalue weighted by Crippen LogP contribution is 2.14. The van der Waals surface area contributed by atoms with Crippen LogP contribution in [0.5, 0.6) is 0 Å². The monoisotopic (exact) mass is 359 g/mol. The van der Waals surface area contributed by atoms with Crippen LogP contribution in [-0.2, 0) is 4.79 Å². The highest BCUT2D eigenvalue weighted by Gasteiger charge is 2.10. The van der Waals surface area contributed by atoms with Gasteiger partial charge >= 0.3 is 0 Å². The topological polar surface area (TPSA) is 87.3 Å². The number of thiophene rings is 1. The van der Waals surface area contributed by atoms with Crippen LogP contribution in [0.25, 0.3) is 0 Å². The SMILES string of the molecule is CC(C)C(=O)NCCNC(=O)c1cccc(NC(=O)c2cccs2)c1. The van der Waals surface area contributed by atoms with Crippen LogP contribution in [0.1, 0.15) is 33.9 Å². The fourth-order valence-electron chi connectivity index (χ4n) is 2.01. The summed E-state index contributed by atoms with van der Waals surface area (Å²) in [6, 6.07) is 10.3. The number of hydrogen-bond donors (Lipinski definition) is 3. The number of carbonyl (C=O) groups is 3. The van der Waals surface area contributed by atoms with Crippen LogP contribution in [0.4, 0.5) is 5.69 Å². The predicted octanol–water partition coefficient (Wildman–Crippen LogP) is 2.50. The molecule has 1 aromatic carbocycles. The molecule has 132 valence electrons. The van der Waals surface area contributed by atoms with Gasteiger partial charge in [0, 0.05) is 30.3 Å². The van der Waals surface area contributed by atoms with Crippen molar-refractivity contribution < 1.29 is 14.4 Å². The standard InChI is InChI=1S/C18H21N3O3S/c1-12(2)16(22)19-8-9-20-17(23)13-5-3-6-14(11-13)21-18(24)15-7-4-10-25-15/h3-7,10-12H,8-9H2,1-2H3,(H,19,22)(H,20,23)(H,21,24). The van der Waals surface area contributed by atoms with Crippen LogP contribution in [0.15, 0.2) is 41.8 Å². The van der Waals surface area contributed by atoms with Gasteiger partial charge in [0.25, 0.3) is 11.8 Å². The van der Waals surface area contributed by atoms with Crippen LogP contribution in [0, 0.1) is 5.92 Å². The van der Waals surface area contributed by atoms with Crippen molar-refractivity contribution in [2.24, 2.45) is 5.92 Å². The molecule has 0 radical (unpaired) electrons. The van der Waals surface area contributed by atoms with Gasteiger partial charge in [-0.15, -0.1) is 11.3 Å². The van der Waals surface area contributed by atoms with Crippen molar-refractivity contribution in [3.05, 3.63) is 52.2 Å². The minimum Gasteiger partial charge on any atom is -0.354 e. The molecule has 2 aromatic rings. The van der Waals surface area contributed by atoms with E-state index in [0.29, 0.717) is 29.2 Å². The predicted molar refractivity (Wildman–Crippen MR) is 98.9 cm³/mol. The number of hydrogen-bond acceptors (Lipinski definition) is 4. The van der Waals surface area contributed by atoms with Gasteiger partial charge in [-0.25, -0.2) is 0 Å². The second-order valence-corrected chi connectivity index (χ2v) is 6.66. The maximum atomic E-state index is 12.2. The number of nitrogens with one attached hydrogen (secondary N) is 3. The molecule has 0 unspecified atom stereocenters. The Labute approximate surface area is 150 Å². The lowest BCUT2D eigenvalue weighted by molar-refractivity contribution is -0.123. The van der Waals surface area contributed by atoms with Crippen LogP contribution in [-0.4, -0.2) is 30.8 Å². The largest absolute Gasteiger partial charge is 0.354 e. The van der Waals surface area contributed by atoms with Crippen LogP contribution in [0.3, 0.4) is 0 Å². The molecule has 0 fully saturated rings. The first-order valence-corrected chi connectivity index (χ1v) is 8.86. The Morgan fingerprint density at radius 2 is 1.76 bits per heavy atom. The summed E-state index contributed by atoms with van der Waals surface area (Å²) in [6.45, 7) is 4.33. The number of rotatable bonds is 7. The van der Waals surface area contributed by atoms with E-state index in [1.54, 1.807) is 30.3 Å². The summed E-state index contributed by atoms with van der Waals surface area (Å²) in [7, 11) is 0. The molecule has 3 amide bonds. The van der Waals surface area contributed by atoms with Crippen LogP contribution >= 0.6 is 11.3 Å². The maximum Gasteiger partial charge on any atom is 0.265 e. The minimum absolute atomic E-state index is 0.0486. The Kier molecular flexibility index (Phi) is 6.71. The van der Waals surface area contributed by atoms with Crippen LogP contribution in [0.2, 0.25) is 0 Å². The smallest absolute Gasteiger partial charge is 0.265 e. The summed E-state index contributed by atoms with van der Waals surface area (Å²) in [5, 5.41) is 10.1. The molecule has 0 aliphatic carbocycles. The van der Waals surface area contributed by atoms with Gasteiger partial charge in [0.2, 0.25) is 5.91 Å². The van der Waals surface area contributed by atoms with E-state index in [4.69, 9.17) is 0 Å². The number of benzene rings is 1. The Balaban J connectivity index is 1.86. The van der Waals surface area contributed by atoms with Gasteiger partial charge in [-0.05, 0) is 29.6 Å². The summed E-state index contributed by atoms with van der Waals surface area (Å²) in [6.07, 6.45) is 0. The molecular weight excluding hydrogens is 338 g/mol. The van der Waals surface area contributed by atoms with E-state index in [1.807, 2.05) is 25.3 Å². The zero-order chi connectivity index (χ0) is 18.2. The number of amides is 3. The van der Waals surface area contributed by atoms with Crippen molar-refractivity contribution >= 4 is 34.7 Å². The first-order valence-electron chi connectivity index (χ1n) is 7.98. The molecule has 6 nitrogen and oxygen atoms in total. The van der Waals surface area contributed by atoms with Crippen molar-refractivity contribution in [3.63, 3.8) is 0 Å². The Morgan fingerprint density at radius 3 is 2.44 bits per heavy atom. The third-order valence-corrected chi connectivity index (χ3v) is 4.23. The summed E-state index contributed by atoms with van der Waals surface area (Å²) >= 11 is 1.35. The van der Waals surface area contributed by atoms with Crippen molar-refractivity contribution in [1.29, 1.82) is 0 Å². The third kappa shape index (κ3) is 5.72. The Morgan fingerprint density at radius 1 is 1.00 bits per heavy atom. The molecule has 0 aliphatic heterocycles. The van der Waals surface area contributed by atoms with Crippen molar-refractivity contribution in [2.45, 2.75) is 13.8 Å². The molecule has 7 heteroatoms. The quantitative estimate of drug-likeness (QED) is 0.664. The average Bonchev–Trinajstić information content (AvgIpc) is 3.13. The Hall–Kier alpha value is -2.67. The molecule has 0 atom stereocenters. The summed E-state index contributed by atoms with van der Waals surface area (Å²) in [5.41, 5.74) is 0.998. The third-order valence-electron chi connectivity index (χ3n) is 3.36. The zero-order valence-corrected chi connectivity index (χ0v) is 15.0. The Bertz CT molecular complexity index is 742. The van der Waals surface area contributed by atoms with Gasteiger partial charge in [0.15, 0.2) is 0 Å². The number of carbonyl (C=O) groups excluding carboxylic acids is 3. The van der Waals surface area contributed by atoms with Crippen molar-refractivity contribution in [1.82, 2.24) is 10.6 Å². The molecule has 0 aliphatic rings. The fourth-order valence-corrected chi connectivity index (χ4v) is 2.63. The second-order valence-electron chi connectivity index (χ2n) is 5.71. The second kappa shape index (κ2) is 8.98. The van der Waals surface area contributed by atoms with E-state index in [0.717, 1.165) is 0 Å². The zero-order valence-electron chi connectivity index (χ0n) is 14.2. The fraction of sp³-hybridized carbons (Fsp3) is 0.278. The first kappa shape index (κ1) is 18.7. The van der Waals surface area contributed by atoms with Gasteiger partial charge in [-0.2, -0.15) is 0 Å². The van der Waals surface area contributed by atoms with Gasteiger partial charge in [-0.1, -0.05) is 26.0 Å². The van der Waals surface area contributed by atoms with E-state index in [-0.39, 0.29) is 23.6 Å². The molecule has 0 saturated carbocycles. The van der Waals surface area contributed by atoms with E-state index in [2.05, 4.69) is 16.0 Å². The molecule has 0 spiro atoms. The van der Waals surface area contributed by atoms with Gasteiger partial charge in [-0.3, -0.25) is 14.4 Å². The van der Waals surface area contributed by atoms with Gasteiger partial charge < -0.3 is 16.0 Å². The highest BCUT2D eigenvalue weighted by molar-refractivity contribution is 7.12. The minimum atomic E-state index is -0.258. The molecular formula is C18H21N3O3S. The highest BCUT2D eigenvalue weighted by atomic mass is 32.1. The normalized spacial score (nSPS) is 10.4. The van der Waals surface area contributed by atoms with E-state index in [9.17, 15) is 14.4 Å². The molecule has 25 heavy (non-hydrogen) atoms. The van der Waals surface area contributed by atoms with Gasteiger partial charge in [0.05, 0.1) is 4.88 Å². The van der Waals surface area contributed by atoms with Crippen molar-refractivity contribution in [2.75, 3.05) is 18.4 Å². The summed E-state index contributed by atoms with van der Waals surface area (Å²) in [5.74, 6) is -0.596. The average molecular weight is 359 g/mol. The molecule has 3 N–H and O–H groups in total. The molecule has 2 rings (SSSR count). The summed E-state index contributed by atoms with van der Waals surface area (Å²) < 4.78 is 0. The molecule has 1 aromatic heterocycles. The maximum absolute atomic E-state index is 12.2. The molecule has 1 heterocycles. The van der Waals surface area contributed by atoms with Crippen molar-refractivity contribution in [3.8, 4) is 0 Å². The molecule has 0 saturated heterocycles. The van der Waals surface area contributed by atoms with Crippen LogP contribution < -0.4 is 16.0 Å². The van der Waals surface area contributed by atoms with E-state index >= 15 is 0 Å². The lowest BCUT2D eigenvalue weighted by atomic mass is 10.2. The lowest BCUT2D eigenvalue weighted by Gasteiger charge is -2.10. The first-order chi connectivity index (χ1) is 12.0. The lowest BCUT2D eigenvalue weighted by Crippen LogP contribution is -2.36. The van der Waals surface area contributed by atoms with E-state index in [1.165, 1.54) is 11.3 Å². The summed E-state index contributed by atoms with van der Waals surface area (Å²) in [4.78, 5) is 36.2. The molecule has 0 bridgehead atoms.